The molecular weight excluding hydrogens is 218 g/mol. The summed E-state index contributed by atoms with van der Waals surface area (Å²) in [5.41, 5.74) is 0. The van der Waals surface area contributed by atoms with E-state index in [0.29, 0.717) is 6.54 Å². The number of hydrogen-bond acceptors (Lipinski definition) is 4. The number of furan rings is 1. The molecule has 4 nitrogen and oxygen atoms in total. The van der Waals surface area contributed by atoms with Crippen LogP contribution in [0.4, 0.5) is 0 Å². The number of methoxy groups -OCH3 is 1. The second-order valence-corrected chi connectivity index (χ2v) is 4.22. The predicted molar refractivity (Wildman–Crippen MR) is 66.8 cm³/mol. The molecular formula is C13H23NO3. The first-order valence-electron chi connectivity index (χ1n) is 6.18. The van der Waals surface area contributed by atoms with Gasteiger partial charge in [0.2, 0.25) is 0 Å². The number of aliphatic hydroxyl groups is 1. The summed E-state index contributed by atoms with van der Waals surface area (Å²) in [6.07, 6.45) is 3.15. The van der Waals surface area contributed by atoms with E-state index in [0.717, 1.165) is 38.3 Å². The Bertz CT molecular complexity index is 274. The molecule has 0 aliphatic carbocycles. The quantitative estimate of drug-likeness (QED) is 0.671. The molecule has 0 bridgehead atoms. The lowest BCUT2D eigenvalue weighted by molar-refractivity contribution is 0.0930. The third-order valence-electron chi connectivity index (χ3n) is 2.72. The van der Waals surface area contributed by atoms with E-state index < -0.39 is 0 Å². The fourth-order valence-electron chi connectivity index (χ4n) is 1.72. The molecule has 0 fully saturated rings. The van der Waals surface area contributed by atoms with Crippen LogP contribution >= 0.6 is 0 Å². The van der Waals surface area contributed by atoms with Crippen molar-refractivity contribution in [3.05, 3.63) is 24.2 Å². The lowest BCUT2D eigenvalue weighted by atomic mass is 10.2. The van der Waals surface area contributed by atoms with Gasteiger partial charge in [0.05, 0.1) is 18.9 Å². The number of rotatable bonds is 9. The molecule has 0 saturated heterocycles. The van der Waals surface area contributed by atoms with Gasteiger partial charge in [-0.15, -0.1) is 0 Å². The molecule has 0 aliphatic heterocycles. The normalized spacial score (nSPS) is 13.2. The van der Waals surface area contributed by atoms with Gasteiger partial charge in [0, 0.05) is 26.8 Å². The van der Waals surface area contributed by atoms with Crippen molar-refractivity contribution < 1.29 is 14.3 Å². The summed E-state index contributed by atoms with van der Waals surface area (Å²) in [5, 5.41) is 9.71. The summed E-state index contributed by atoms with van der Waals surface area (Å²) in [6, 6.07) is 3.85. The summed E-state index contributed by atoms with van der Waals surface area (Å²) in [4.78, 5) is 2.20. The zero-order chi connectivity index (χ0) is 12.5. The summed E-state index contributed by atoms with van der Waals surface area (Å²) in [5.74, 6) is 0.936. The monoisotopic (exact) mass is 241 g/mol. The van der Waals surface area contributed by atoms with E-state index in [-0.39, 0.29) is 6.10 Å². The van der Waals surface area contributed by atoms with Crippen LogP contribution in [0.25, 0.3) is 0 Å². The minimum Gasteiger partial charge on any atom is -0.468 e. The minimum absolute atomic E-state index is 0.271. The van der Waals surface area contributed by atoms with Gasteiger partial charge in [-0.25, -0.2) is 0 Å². The Hall–Kier alpha value is -0.840. The van der Waals surface area contributed by atoms with Crippen LogP contribution in [0, 0.1) is 0 Å². The molecule has 1 N–H and O–H groups in total. The van der Waals surface area contributed by atoms with E-state index in [1.165, 1.54) is 0 Å². The Labute approximate surface area is 103 Å². The van der Waals surface area contributed by atoms with Gasteiger partial charge < -0.3 is 14.3 Å². The average molecular weight is 241 g/mol. The Kier molecular flexibility index (Phi) is 6.93. The molecule has 1 aromatic rings. The molecule has 0 radical (unpaired) electrons. The van der Waals surface area contributed by atoms with Crippen LogP contribution in [0.3, 0.4) is 0 Å². The molecule has 0 spiro atoms. The highest BCUT2D eigenvalue weighted by atomic mass is 16.5. The van der Waals surface area contributed by atoms with Gasteiger partial charge >= 0.3 is 0 Å². The number of hydrogen-bond donors (Lipinski definition) is 1. The van der Waals surface area contributed by atoms with E-state index in [1.807, 2.05) is 19.1 Å². The summed E-state index contributed by atoms with van der Waals surface area (Å²) in [7, 11) is 1.71. The van der Waals surface area contributed by atoms with Gasteiger partial charge in [-0.2, -0.15) is 0 Å². The average Bonchev–Trinajstić information content (AvgIpc) is 2.82. The molecule has 0 saturated carbocycles. The first-order chi connectivity index (χ1) is 8.26. The SMILES string of the molecule is CC[C@H](O)CN(CCCOC)Cc1ccco1. The van der Waals surface area contributed by atoms with Crippen LogP contribution in [0.5, 0.6) is 0 Å². The van der Waals surface area contributed by atoms with Crippen molar-refractivity contribution in [2.24, 2.45) is 0 Å². The second-order valence-electron chi connectivity index (χ2n) is 4.22. The van der Waals surface area contributed by atoms with Crippen LogP contribution in [-0.4, -0.2) is 42.9 Å². The summed E-state index contributed by atoms with van der Waals surface area (Å²) >= 11 is 0. The molecule has 17 heavy (non-hydrogen) atoms. The molecule has 98 valence electrons. The molecule has 1 heterocycles. The maximum Gasteiger partial charge on any atom is 0.117 e. The number of ether oxygens (including phenoxy) is 1. The topological polar surface area (TPSA) is 45.8 Å². The molecule has 1 atom stereocenters. The van der Waals surface area contributed by atoms with E-state index in [1.54, 1.807) is 13.4 Å². The van der Waals surface area contributed by atoms with Crippen molar-refractivity contribution in [1.82, 2.24) is 4.90 Å². The third-order valence-corrected chi connectivity index (χ3v) is 2.72. The summed E-state index contributed by atoms with van der Waals surface area (Å²) < 4.78 is 10.4. The van der Waals surface area contributed by atoms with Crippen LogP contribution in [0.1, 0.15) is 25.5 Å². The van der Waals surface area contributed by atoms with Gasteiger partial charge in [0.25, 0.3) is 0 Å². The Morgan fingerprint density at radius 3 is 2.94 bits per heavy atom. The number of aliphatic hydroxyl groups excluding tert-OH is 1. The minimum atomic E-state index is -0.271. The Morgan fingerprint density at radius 2 is 2.35 bits per heavy atom. The molecule has 0 aliphatic rings. The number of nitrogens with zero attached hydrogens (tertiary/aromatic N) is 1. The van der Waals surface area contributed by atoms with Crippen molar-refractivity contribution in [3.63, 3.8) is 0 Å². The van der Waals surface area contributed by atoms with Crippen molar-refractivity contribution >= 4 is 0 Å². The molecule has 1 aromatic heterocycles. The molecule has 0 aromatic carbocycles. The highest BCUT2D eigenvalue weighted by Gasteiger charge is 2.11. The lowest BCUT2D eigenvalue weighted by Crippen LogP contribution is -2.33. The maximum atomic E-state index is 9.71. The van der Waals surface area contributed by atoms with E-state index in [9.17, 15) is 5.11 Å². The van der Waals surface area contributed by atoms with Crippen LogP contribution in [-0.2, 0) is 11.3 Å². The fraction of sp³-hybridized carbons (Fsp3) is 0.692. The third kappa shape index (κ3) is 5.86. The lowest BCUT2D eigenvalue weighted by Gasteiger charge is -2.23. The first-order valence-corrected chi connectivity index (χ1v) is 6.18. The summed E-state index contributed by atoms with van der Waals surface area (Å²) in [6.45, 7) is 5.07. The zero-order valence-electron chi connectivity index (χ0n) is 10.8. The van der Waals surface area contributed by atoms with Crippen LogP contribution in [0.15, 0.2) is 22.8 Å². The molecule has 4 heteroatoms. The van der Waals surface area contributed by atoms with Crippen molar-refractivity contribution in [2.75, 3.05) is 26.8 Å². The van der Waals surface area contributed by atoms with E-state index >= 15 is 0 Å². The van der Waals surface area contributed by atoms with Gasteiger partial charge in [0.15, 0.2) is 0 Å². The van der Waals surface area contributed by atoms with Gasteiger partial charge in [-0.3, -0.25) is 4.90 Å². The highest BCUT2D eigenvalue weighted by Crippen LogP contribution is 2.07. The van der Waals surface area contributed by atoms with Crippen LogP contribution in [0.2, 0.25) is 0 Å². The van der Waals surface area contributed by atoms with Gasteiger partial charge in [-0.1, -0.05) is 6.92 Å². The first kappa shape index (κ1) is 14.2. The Morgan fingerprint density at radius 1 is 1.53 bits per heavy atom. The predicted octanol–water partition coefficient (Wildman–Crippen LogP) is 1.89. The standard InChI is InChI=1S/C13H23NO3/c1-3-12(15)10-14(7-5-8-16-2)11-13-6-4-9-17-13/h4,6,9,12,15H,3,5,7-8,10-11H2,1-2H3/t12-/m0/s1. The Balaban J connectivity index is 2.40. The largest absolute Gasteiger partial charge is 0.468 e. The van der Waals surface area contributed by atoms with Crippen molar-refractivity contribution in [2.45, 2.75) is 32.4 Å². The van der Waals surface area contributed by atoms with E-state index in [4.69, 9.17) is 9.15 Å². The van der Waals surface area contributed by atoms with Crippen molar-refractivity contribution in [1.29, 1.82) is 0 Å². The van der Waals surface area contributed by atoms with Gasteiger partial charge in [-0.05, 0) is 25.0 Å². The van der Waals surface area contributed by atoms with E-state index in [2.05, 4.69) is 4.90 Å². The molecule has 0 amide bonds. The second kappa shape index (κ2) is 8.28. The smallest absolute Gasteiger partial charge is 0.117 e. The molecule has 0 unspecified atom stereocenters. The van der Waals surface area contributed by atoms with Gasteiger partial charge in [0.1, 0.15) is 5.76 Å². The van der Waals surface area contributed by atoms with Crippen molar-refractivity contribution in [3.8, 4) is 0 Å². The maximum absolute atomic E-state index is 9.71. The highest BCUT2D eigenvalue weighted by molar-refractivity contribution is 4.97. The zero-order valence-corrected chi connectivity index (χ0v) is 10.8. The molecule has 1 rings (SSSR count). The van der Waals surface area contributed by atoms with Crippen LogP contribution < -0.4 is 0 Å². The fourth-order valence-corrected chi connectivity index (χ4v) is 1.72.